The van der Waals surface area contributed by atoms with E-state index in [1.165, 1.54) is 16.1 Å². The highest BCUT2D eigenvalue weighted by Crippen LogP contribution is 2.37. The second-order valence-corrected chi connectivity index (χ2v) is 13.6. The minimum atomic E-state index is -1.55. The van der Waals surface area contributed by atoms with Crippen molar-refractivity contribution in [3.63, 3.8) is 0 Å². The predicted octanol–water partition coefficient (Wildman–Crippen LogP) is 6.34. The van der Waals surface area contributed by atoms with E-state index < -0.39 is 8.07 Å². The largest absolute Gasteiger partial charge is 0.430 e. The molecule has 0 atom stereocenters. The van der Waals surface area contributed by atoms with Crippen LogP contribution in [0.2, 0.25) is 19.6 Å². The van der Waals surface area contributed by atoms with Crippen molar-refractivity contribution < 1.29 is 4.42 Å². The summed E-state index contributed by atoms with van der Waals surface area (Å²) in [6, 6.07) is 15.2. The summed E-state index contributed by atoms with van der Waals surface area (Å²) in [5.41, 5.74) is 6.33. The molecule has 0 fully saturated rings. The number of fused-ring (bicyclic) bond motifs is 4. The van der Waals surface area contributed by atoms with Crippen LogP contribution in [0.3, 0.4) is 0 Å². The summed E-state index contributed by atoms with van der Waals surface area (Å²) >= 11 is 0. The van der Waals surface area contributed by atoms with Crippen molar-refractivity contribution in [3.8, 4) is 11.3 Å². The predicted molar refractivity (Wildman–Crippen MR) is 121 cm³/mol. The van der Waals surface area contributed by atoms with Crippen molar-refractivity contribution in [2.75, 3.05) is 0 Å². The molecular weight excluding hydrogens is 358 g/mol. The van der Waals surface area contributed by atoms with Gasteiger partial charge in [-0.3, -0.25) is 0 Å². The molecule has 2 aromatic carbocycles. The Bertz CT molecular complexity index is 1300. The summed E-state index contributed by atoms with van der Waals surface area (Å²) in [6.07, 6.45) is 9.06. The zero-order valence-electron chi connectivity index (χ0n) is 16.6. The molecule has 2 aromatic heterocycles. The number of aromatic nitrogens is 1. The van der Waals surface area contributed by atoms with Crippen molar-refractivity contribution in [1.29, 1.82) is 0 Å². The topological polar surface area (TPSA) is 26.0 Å². The first-order valence-corrected chi connectivity index (χ1v) is 13.2. The molecule has 0 radical (unpaired) electrons. The van der Waals surface area contributed by atoms with Gasteiger partial charge in [0.1, 0.15) is 17.7 Å². The molecule has 0 N–H and O–H groups in total. The maximum Gasteiger partial charge on any atom is 0.247 e. The molecule has 0 unspecified atom stereocenters. The summed E-state index contributed by atoms with van der Waals surface area (Å²) < 4.78 is 6.28. The van der Waals surface area contributed by atoms with Gasteiger partial charge in [-0.2, -0.15) is 0 Å². The lowest BCUT2D eigenvalue weighted by molar-refractivity contribution is 0.604. The van der Waals surface area contributed by atoms with E-state index in [4.69, 9.17) is 9.40 Å². The number of benzene rings is 2. The number of aryl methyl sites for hydroxylation is 1. The second kappa shape index (κ2) is 6.00. The van der Waals surface area contributed by atoms with Crippen LogP contribution in [0, 0.1) is 13.0 Å². The number of furan rings is 1. The summed E-state index contributed by atoms with van der Waals surface area (Å²) in [7, 11) is -1.55. The molecule has 3 heteroatoms. The lowest BCUT2D eigenvalue weighted by Crippen LogP contribution is -2.38. The summed E-state index contributed by atoms with van der Waals surface area (Å²) in [4.78, 5) is 5.04. The molecule has 5 rings (SSSR count). The number of hydrogen-bond acceptors (Lipinski definition) is 2. The fraction of sp³-hybridized carbons (Fsp3) is 0.160. The van der Waals surface area contributed by atoms with E-state index in [0.717, 1.165) is 39.1 Å². The molecule has 0 amide bonds. The van der Waals surface area contributed by atoms with Gasteiger partial charge in [-0.05, 0) is 47.3 Å². The summed E-state index contributed by atoms with van der Waals surface area (Å²) in [6.45, 7) is 9.30. The van der Waals surface area contributed by atoms with Gasteiger partial charge in [0.25, 0.3) is 0 Å². The van der Waals surface area contributed by atoms with Gasteiger partial charge in [-0.25, -0.2) is 4.98 Å². The molecule has 1 aliphatic rings. The number of rotatable bonds is 2. The Labute approximate surface area is 166 Å². The molecule has 0 saturated carbocycles. The fourth-order valence-corrected chi connectivity index (χ4v) is 5.62. The van der Waals surface area contributed by atoms with E-state index in [0.29, 0.717) is 0 Å². The number of hydrogen-bond donors (Lipinski definition) is 0. The monoisotopic (exact) mass is 380 g/mol. The SMILES string of the molecule is Cc1cc(-c2cc([Si](C)(C)C)c3ccccc3n2)c2oc3c(c2c1)C=[C+]C=C3. The second-order valence-electron chi connectivity index (χ2n) is 8.54. The van der Waals surface area contributed by atoms with E-state index in [-0.39, 0.29) is 0 Å². The molecule has 0 saturated heterocycles. The van der Waals surface area contributed by atoms with E-state index in [1.807, 2.05) is 18.2 Å². The van der Waals surface area contributed by atoms with E-state index in [1.54, 1.807) is 0 Å². The molecular formula is C25H22NOSi+. The third-order valence-electron chi connectivity index (χ3n) is 5.36. The zero-order chi connectivity index (χ0) is 19.5. The van der Waals surface area contributed by atoms with Crippen LogP contribution >= 0.6 is 0 Å². The Kier molecular flexibility index (Phi) is 3.67. The molecule has 2 heterocycles. The number of allylic oxidation sites excluding steroid dienone is 2. The van der Waals surface area contributed by atoms with Crippen LogP contribution in [0.25, 0.3) is 45.3 Å². The standard InChI is InChI=1S/C25H22NOSi/c1-16-13-19-17-9-6-8-12-23(17)27-25(19)20(14-16)22-15-24(28(2,3)4)18-10-5-7-11-21(18)26-22/h5,7-15H,1-4H3/q+1. The Morgan fingerprint density at radius 1 is 1.00 bits per heavy atom. The van der Waals surface area contributed by atoms with Crippen molar-refractivity contribution in [1.82, 2.24) is 4.98 Å². The van der Waals surface area contributed by atoms with Crippen LogP contribution in [0.15, 0.2) is 53.0 Å². The Morgan fingerprint density at radius 2 is 1.82 bits per heavy atom. The third kappa shape index (κ3) is 2.63. The first kappa shape index (κ1) is 17.1. The first-order chi connectivity index (χ1) is 13.4. The average molecular weight is 381 g/mol. The molecule has 4 aromatic rings. The fourth-order valence-electron chi connectivity index (χ4n) is 4.03. The van der Waals surface area contributed by atoms with Crippen LogP contribution in [-0.4, -0.2) is 13.1 Å². The molecule has 0 bridgehead atoms. The first-order valence-electron chi connectivity index (χ1n) is 9.65. The van der Waals surface area contributed by atoms with Crippen LogP contribution in [0.4, 0.5) is 0 Å². The Balaban J connectivity index is 1.86. The highest BCUT2D eigenvalue weighted by Gasteiger charge is 2.25. The van der Waals surface area contributed by atoms with Gasteiger partial charge in [-0.15, -0.1) is 0 Å². The maximum absolute atomic E-state index is 6.28. The summed E-state index contributed by atoms with van der Waals surface area (Å²) in [5, 5.41) is 3.84. The maximum atomic E-state index is 6.28. The number of nitrogens with zero attached hydrogens (tertiary/aromatic N) is 1. The van der Waals surface area contributed by atoms with Gasteiger partial charge in [0.15, 0.2) is 5.58 Å². The molecule has 0 aliphatic heterocycles. The highest BCUT2D eigenvalue weighted by molar-refractivity contribution is 6.90. The van der Waals surface area contributed by atoms with E-state index in [9.17, 15) is 0 Å². The average Bonchev–Trinajstić information content (AvgIpc) is 3.04. The molecule has 2 nitrogen and oxygen atoms in total. The van der Waals surface area contributed by atoms with Gasteiger partial charge in [-0.1, -0.05) is 37.8 Å². The van der Waals surface area contributed by atoms with Gasteiger partial charge in [0.05, 0.1) is 30.7 Å². The number of pyridine rings is 1. The lowest BCUT2D eigenvalue weighted by atomic mass is 10.00. The minimum Gasteiger partial charge on any atom is -0.430 e. The molecule has 136 valence electrons. The van der Waals surface area contributed by atoms with Crippen LogP contribution in [-0.2, 0) is 0 Å². The van der Waals surface area contributed by atoms with Gasteiger partial charge in [0, 0.05) is 11.6 Å². The van der Waals surface area contributed by atoms with Gasteiger partial charge in [0.2, 0.25) is 5.76 Å². The van der Waals surface area contributed by atoms with E-state index in [2.05, 4.69) is 75.1 Å². The Morgan fingerprint density at radius 3 is 2.64 bits per heavy atom. The lowest BCUT2D eigenvalue weighted by Gasteiger charge is -2.20. The van der Waals surface area contributed by atoms with Crippen LogP contribution < -0.4 is 5.19 Å². The van der Waals surface area contributed by atoms with Crippen molar-refractivity contribution in [3.05, 3.63) is 71.5 Å². The quantitative estimate of drug-likeness (QED) is 0.299. The molecule has 0 spiro atoms. The molecule has 1 aliphatic carbocycles. The van der Waals surface area contributed by atoms with Crippen molar-refractivity contribution >= 4 is 47.3 Å². The normalized spacial score (nSPS) is 13.1. The third-order valence-corrected chi connectivity index (χ3v) is 7.39. The van der Waals surface area contributed by atoms with Crippen molar-refractivity contribution in [2.24, 2.45) is 0 Å². The van der Waals surface area contributed by atoms with Crippen molar-refractivity contribution in [2.45, 2.75) is 26.6 Å². The zero-order valence-corrected chi connectivity index (χ0v) is 17.6. The van der Waals surface area contributed by atoms with Gasteiger partial charge >= 0.3 is 0 Å². The van der Waals surface area contributed by atoms with Crippen LogP contribution in [0.5, 0.6) is 0 Å². The number of para-hydroxylation sites is 1. The Hall–Kier alpha value is -3.00. The molecule has 28 heavy (non-hydrogen) atoms. The smallest absolute Gasteiger partial charge is 0.247 e. The van der Waals surface area contributed by atoms with Gasteiger partial charge < -0.3 is 4.42 Å². The summed E-state index contributed by atoms with van der Waals surface area (Å²) in [5.74, 6) is 0.895. The minimum absolute atomic E-state index is 0.895. The van der Waals surface area contributed by atoms with Crippen LogP contribution in [0.1, 0.15) is 16.9 Å². The highest BCUT2D eigenvalue weighted by atomic mass is 28.3. The van der Waals surface area contributed by atoms with E-state index >= 15 is 0 Å².